The number of halogens is 1. The molecule has 0 aliphatic heterocycles. The zero-order chi connectivity index (χ0) is 14.4. The summed E-state index contributed by atoms with van der Waals surface area (Å²) in [7, 11) is 0. The third-order valence-corrected chi connectivity index (χ3v) is 3.30. The lowest BCUT2D eigenvalue weighted by Gasteiger charge is -2.29. The van der Waals surface area contributed by atoms with Crippen molar-refractivity contribution in [1.82, 2.24) is 4.90 Å². The van der Waals surface area contributed by atoms with E-state index in [-0.39, 0.29) is 11.9 Å². The van der Waals surface area contributed by atoms with E-state index >= 15 is 0 Å². The summed E-state index contributed by atoms with van der Waals surface area (Å²) in [6, 6.07) is 7.29. The number of nitrogens with two attached hydrogens (primary N) is 1. The van der Waals surface area contributed by atoms with Gasteiger partial charge in [0.1, 0.15) is 0 Å². The van der Waals surface area contributed by atoms with Gasteiger partial charge in [-0.05, 0) is 38.0 Å². The van der Waals surface area contributed by atoms with Crippen LogP contribution < -0.4 is 5.73 Å². The minimum Gasteiger partial charge on any atom is -0.335 e. The zero-order valence-electron chi connectivity index (χ0n) is 11.9. The van der Waals surface area contributed by atoms with Gasteiger partial charge in [-0.2, -0.15) is 0 Å². The van der Waals surface area contributed by atoms with E-state index in [9.17, 15) is 4.79 Å². The highest BCUT2D eigenvalue weighted by Gasteiger charge is 2.22. The molecule has 0 saturated carbocycles. The Kier molecular flexibility index (Phi) is 6.32. The molecule has 0 fully saturated rings. The zero-order valence-corrected chi connectivity index (χ0v) is 12.7. The number of nitrogens with zero attached hydrogens (tertiary/aromatic N) is 1. The molecule has 1 atom stereocenters. The normalized spacial score (nSPS) is 12.5. The SMILES string of the molecule is CCC[C@H](N)C(=O)N(Cc1cccc(Cl)c1)C(C)C. The molecule has 0 unspecified atom stereocenters. The van der Waals surface area contributed by atoms with E-state index in [2.05, 4.69) is 0 Å². The van der Waals surface area contributed by atoms with Crippen LogP contribution >= 0.6 is 11.6 Å². The molecule has 0 heterocycles. The molecule has 0 aromatic heterocycles. The third kappa shape index (κ3) is 4.84. The van der Waals surface area contributed by atoms with Crippen molar-refractivity contribution in [3.05, 3.63) is 34.9 Å². The monoisotopic (exact) mass is 282 g/mol. The lowest BCUT2D eigenvalue weighted by molar-refractivity contribution is -0.135. The predicted octanol–water partition coefficient (Wildman–Crippen LogP) is 3.20. The molecule has 0 saturated heterocycles. The van der Waals surface area contributed by atoms with E-state index in [0.29, 0.717) is 11.6 Å². The van der Waals surface area contributed by atoms with Crippen LogP contribution in [0, 0.1) is 0 Å². The molecule has 0 aliphatic rings. The second kappa shape index (κ2) is 7.51. The first-order chi connectivity index (χ1) is 8.95. The molecule has 2 N–H and O–H groups in total. The summed E-state index contributed by atoms with van der Waals surface area (Å²) in [5, 5.41) is 0.687. The van der Waals surface area contributed by atoms with E-state index in [1.165, 1.54) is 0 Å². The van der Waals surface area contributed by atoms with Gasteiger partial charge in [-0.25, -0.2) is 0 Å². The second-order valence-electron chi connectivity index (χ2n) is 5.08. The van der Waals surface area contributed by atoms with Gasteiger partial charge in [0.2, 0.25) is 5.91 Å². The van der Waals surface area contributed by atoms with Gasteiger partial charge in [0.15, 0.2) is 0 Å². The topological polar surface area (TPSA) is 46.3 Å². The summed E-state index contributed by atoms with van der Waals surface area (Å²) in [5.41, 5.74) is 6.96. The van der Waals surface area contributed by atoms with Crippen LogP contribution in [0.1, 0.15) is 39.2 Å². The van der Waals surface area contributed by atoms with E-state index in [0.717, 1.165) is 18.4 Å². The Labute approximate surface area is 120 Å². The summed E-state index contributed by atoms with van der Waals surface area (Å²) in [4.78, 5) is 14.1. The van der Waals surface area contributed by atoms with Crippen LogP contribution in [0.25, 0.3) is 0 Å². The quantitative estimate of drug-likeness (QED) is 0.871. The number of carbonyl (C=O) groups excluding carboxylic acids is 1. The van der Waals surface area contributed by atoms with Gasteiger partial charge >= 0.3 is 0 Å². The van der Waals surface area contributed by atoms with Crippen LogP contribution in [0.15, 0.2) is 24.3 Å². The largest absolute Gasteiger partial charge is 0.335 e. The van der Waals surface area contributed by atoms with Gasteiger partial charge in [0.25, 0.3) is 0 Å². The Morgan fingerprint density at radius 1 is 1.42 bits per heavy atom. The summed E-state index contributed by atoms with van der Waals surface area (Å²) >= 11 is 5.97. The lowest BCUT2D eigenvalue weighted by Crippen LogP contribution is -2.46. The fraction of sp³-hybridized carbons (Fsp3) is 0.533. The van der Waals surface area contributed by atoms with Crippen molar-refractivity contribution in [3.63, 3.8) is 0 Å². The maximum absolute atomic E-state index is 12.3. The Balaban J connectivity index is 2.81. The molecule has 106 valence electrons. The average molecular weight is 283 g/mol. The molecule has 1 amide bonds. The van der Waals surface area contributed by atoms with Crippen LogP contribution in [0.5, 0.6) is 0 Å². The summed E-state index contributed by atoms with van der Waals surface area (Å²) < 4.78 is 0. The standard InChI is InChI=1S/C15H23ClN2O/c1-4-6-14(17)15(19)18(11(2)3)10-12-7-5-8-13(16)9-12/h5,7-9,11,14H,4,6,10,17H2,1-3H3/t14-/m0/s1. The highest BCUT2D eigenvalue weighted by atomic mass is 35.5. The summed E-state index contributed by atoms with van der Waals surface area (Å²) in [6.45, 7) is 6.58. The van der Waals surface area contributed by atoms with Gasteiger partial charge in [-0.1, -0.05) is 37.1 Å². The molecule has 0 aliphatic carbocycles. The highest BCUT2D eigenvalue weighted by molar-refractivity contribution is 6.30. The van der Waals surface area contributed by atoms with Crippen LogP contribution in [0.3, 0.4) is 0 Å². The van der Waals surface area contributed by atoms with Crippen molar-refractivity contribution in [2.45, 2.75) is 52.2 Å². The minimum atomic E-state index is -0.411. The van der Waals surface area contributed by atoms with Gasteiger partial charge < -0.3 is 10.6 Å². The van der Waals surface area contributed by atoms with Gasteiger partial charge in [-0.15, -0.1) is 0 Å². The third-order valence-electron chi connectivity index (χ3n) is 3.07. The van der Waals surface area contributed by atoms with Crippen LogP contribution in [0.4, 0.5) is 0 Å². The number of rotatable bonds is 6. The van der Waals surface area contributed by atoms with E-state index < -0.39 is 6.04 Å². The maximum atomic E-state index is 12.3. The van der Waals surface area contributed by atoms with Crippen molar-refractivity contribution in [3.8, 4) is 0 Å². The van der Waals surface area contributed by atoms with Gasteiger partial charge in [0, 0.05) is 17.6 Å². The molecule has 4 heteroatoms. The molecule has 19 heavy (non-hydrogen) atoms. The first-order valence-electron chi connectivity index (χ1n) is 6.76. The molecular weight excluding hydrogens is 260 g/mol. The van der Waals surface area contributed by atoms with Crippen molar-refractivity contribution in [2.75, 3.05) is 0 Å². The summed E-state index contributed by atoms with van der Waals surface area (Å²) in [6.07, 6.45) is 1.63. The van der Waals surface area contributed by atoms with E-state index in [1.807, 2.05) is 49.9 Å². The molecule has 1 aromatic carbocycles. The Hall–Kier alpha value is -1.06. The lowest BCUT2D eigenvalue weighted by atomic mass is 10.1. The molecule has 0 spiro atoms. The van der Waals surface area contributed by atoms with Crippen molar-refractivity contribution in [2.24, 2.45) is 5.73 Å². The fourth-order valence-corrected chi connectivity index (χ4v) is 2.21. The van der Waals surface area contributed by atoms with Crippen LogP contribution in [0.2, 0.25) is 5.02 Å². The molecular formula is C15H23ClN2O. The van der Waals surface area contributed by atoms with Crippen molar-refractivity contribution >= 4 is 17.5 Å². The Morgan fingerprint density at radius 3 is 2.63 bits per heavy atom. The van der Waals surface area contributed by atoms with Crippen LogP contribution in [-0.4, -0.2) is 22.9 Å². The van der Waals surface area contributed by atoms with Gasteiger partial charge in [-0.3, -0.25) is 4.79 Å². The van der Waals surface area contributed by atoms with Crippen LogP contribution in [-0.2, 0) is 11.3 Å². The van der Waals surface area contributed by atoms with Crippen molar-refractivity contribution in [1.29, 1.82) is 0 Å². The first-order valence-corrected chi connectivity index (χ1v) is 7.14. The number of carbonyl (C=O) groups is 1. The second-order valence-corrected chi connectivity index (χ2v) is 5.52. The fourth-order valence-electron chi connectivity index (χ4n) is 1.99. The maximum Gasteiger partial charge on any atom is 0.240 e. The molecule has 1 aromatic rings. The smallest absolute Gasteiger partial charge is 0.240 e. The molecule has 3 nitrogen and oxygen atoms in total. The summed E-state index contributed by atoms with van der Waals surface area (Å²) in [5.74, 6) is 0.0109. The molecule has 0 radical (unpaired) electrons. The number of amides is 1. The Bertz CT molecular complexity index is 420. The number of benzene rings is 1. The van der Waals surface area contributed by atoms with Crippen molar-refractivity contribution < 1.29 is 4.79 Å². The van der Waals surface area contributed by atoms with Gasteiger partial charge in [0.05, 0.1) is 6.04 Å². The average Bonchev–Trinajstić information content (AvgIpc) is 2.35. The highest BCUT2D eigenvalue weighted by Crippen LogP contribution is 2.15. The number of hydrogen-bond donors (Lipinski definition) is 1. The molecule has 1 rings (SSSR count). The minimum absolute atomic E-state index is 0.0109. The van der Waals surface area contributed by atoms with E-state index in [4.69, 9.17) is 17.3 Å². The number of hydrogen-bond acceptors (Lipinski definition) is 2. The first kappa shape index (κ1) is 16.0. The molecule has 0 bridgehead atoms. The van der Waals surface area contributed by atoms with E-state index in [1.54, 1.807) is 0 Å². The Morgan fingerprint density at radius 2 is 2.11 bits per heavy atom. The predicted molar refractivity (Wildman–Crippen MR) is 80.0 cm³/mol.